The van der Waals surface area contributed by atoms with Crippen LogP contribution in [-0.4, -0.2) is 44.7 Å². The van der Waals surface area contributed by atoms with Gasteiger partial charge in [-0.15, -0.1) is 5.10 Å². The molecular formula is C17H16ClN5O2S. The largest absolute Gasteiger partial charge is 0.244 e. The molecule has 134 valence electrons. The Bertz CT molecular complexity index is 1050. The SMILES string of the molecule is CC1(n2nc(-c3cncnc3)nc2-c2ccc(Cl)cc2)CCS(=O)(=O)C1. The summed E-state index contributed by atoms with van der Waals surface area (Å²) in [6.45, 7) is 1.90. The fourth-order valence-corrected chi connectivity index (χ4v) is 5.41. The molecule has 9 heteroatoms. The van der Waals surface area contributed by atoms with Crippen LogP contribution in [0.4, 0.5) is 0 Å². The summed E-state index contributed by atoms with van der Waals surface area (Å²) in [6.07, 6.45) is 5.19. The lowest BCUT2D eigenvalue weighted by atomic mass is 10.0. The summed E-state index contributed by atoms with van der Waals surface area (Å²) >= 11 is 5.99. The molecular weight excluding hydrogens is 374 g/mol. The summed E-state index contributed by atoms with van der Waals surface area (Å²) in [4.78, 5) is 12.7. The van der Waals surface area contributed by atoms with Crippen molar-refractivity contribution < 1.29 is 8.42 Å². The lowest BCUT2D eigenvalue weighted by molar-refractivity contribution is 0.332. The van der Waals surface area contributed by atoms with Gasteiger partial charge in [-0.2, -0.15) is 0 Å². The lowest BCUT2D eigenvalue weighted by Gasteiger charge is -2.24. The molecule has 1 unspecified atom stereocenters. The quantitative estimate of drug-likeness (QED) is 0.683. The number of hydrogen-bond donors (Lipinski definition) is 0. The molecule has 0 aliphatic carbocycles. The molecule has 0 amide bonds. The molecule has 0 saturated carbocycles. The van der Waals surface area contributed by atoms with E-state index in [2.05, 4.69) is 20.1 Å². The lowest BCUT2D eigenvalue weighted by Crippen LogP contribution is -2.33. The van der Waals surface area contributed by atoms with E-state index < -0.39 is 15.4 Å². The van der Waals surface area contributed by atoms with Crippen molar-refractivity contribution in [3.05, 3.63) is 48.0 Å². The molecule has 2 aromatic heterocycles. The first-order valence-electron chi connectivity index (χ1n) is 8.06. The van der Waals surface area contributed by atoms with Crippen LogP contribution in [0.15, 0.2) is 43.0 Å². The summed E-state index contributed by atoms with van der Waals surface area (Å²) in [7, 11) is -3.10. The van der Waals surface area contributed by atoms with Gasteiger partial charge in [0.25, 0.3) is 0 Å². The minimum absolute atomic E-state index is 0.0364. The number of hydrogen-bond acceptors (Lipinski definition) is 6. The van der Waals surface area contributed by atoms with Crippen LogP contribution >= 0.6 is 11.6 Å². The highest BCUT2D eigenvalue weighted by atomic mass is 35.5. The molecule has 1 aliphatic rings. The van der Waals surface area contributed by atoms with Crippen LogP contribution in [0, 0.1) is 0 Å². The monoisotopic (exact) mass is 389 g/mol. The Morgan fingerprint density at radius 3 is 2.42 bits per heavy atom. The molecule has 3 aromatic rings. The standard InChI is InChI=1S/C17H16ClN5O2S/c1-17(6-7-26(24,25)10-17)23-16(12-2-4-14(18)5-3-12)21-15(22-23)13-8-19-11-20-9-13/h2-5,8-9,11H,6-7,10H2,1H3. The minimum Gasteiger partial charge on any atom is -0.244 e. The molecule has 26 heavy (non-hydrogen) atoms. The average Bonchev–Trinajstić information content (AvgIpc) is 3.19. The predicted octanol–water partition coefficient (Wildman–Crippen LogP) is 2.59. The maximum absolute atomic E-state index is 12.1. The Hall–Kier alpha value is -2.32. The van der Waals surface area contributed by atoms with Gasteiger partial charge in [-0.1, -0.05) is 11.6 Å². The highest BCUT2D eigenvalue weighted by Gasteiger charge is 2.42. The molecule has 1 aliphatic heterocycles. The van der Waals surface area contributed by atoms with E-state index in [0.717, 1.165) is 5.56 Å². The van der Waals surface area contributed by atoms with Crippen LogP contribution in [0.1, 0.15) is 13.3 Å². The third-order valence-corrected chi connectivity index (χ3v) is 6.66. The highest BCUT2D eigenvalue weighted by Crippen LogP contribution is 2.35. The van der Waals surface area contributed by atoms with Crippen LogP contribution < -0.4 is 0 Å². The Labute approximate surface area is 156 Å². The van der Waals surface area contributed by atoms with E-state index >= 15 is 0 Å². The molecule has 1 saturated heterocycles. The second-order valence-electron chi connectivity index (χ2n) is 6.64. The van der Waals surface area contributed by atoms with Crippen molar-refractivity contribution in [2.24, 2.45) is 0 Å². The van der Waals surface area contributed by atoms with Gasteiger partial charge in [0, 0.05) is 23.0 Å². The topological polar surface area (TPSA) is 90.6 Å². The van der Waals surface area contributed by atoms with E-state index in [4.69, 9.17) is 11.6 Å². The maximum Gasteiger partial charge on any atom is 0.184 e. The summed E-state index contributed by atoms with van der Waals surface area (Å²) < 4.78 is 25.9. The molecule has 1 aromatic carbocycles. The Kier molecular flexibility index (Phi) is 4.04. The summed E-state index contributed by atoms with van der Waals surface area (Å²) in [6, 6.07) is 7.24. The zero-order valence-corrected chi connectivity index (χ0v) is 15.6. The van der Waals surface area contributed by atoms with Crippen LogP contribution in [0.3, 0.4) is 0 Å². The number of rotatable bonds is 3. The van der Waals surface area contributed by atoms with Gasteiger partial charge in [-0.25, -0.2) is 28.1 Å². The van der Waals surface area contributed by atoms with Gasteiger partial charge in [0.15, 0.2) is 21.5 Å². The average molecular weight is 390 g/mol. The van der Waals surface area contributed by atoms with Gasteiger partial charge in [0.2, 0.25) is 0 Å². The van der Waals surface area contributed by atoms with Crippen molar-refractivity contribution in [3.8, 4) is 22.8 Å². The number of halogens is 1. The molecule has 7 nitrogen and oxygen atoms in total. The van der Waals surface area contributed by atoms with Crippen LogP contribution in [0.2, 0.25) is 5.02 Å². The number of sulfone groups is 1. The zero-order valence-electron chi connectivity index (χ0n) is 14.0. The van der Waals surface area contributed by atoms with Crippen molar-refractivity contribution in [1.29, 1.82) is 0 Å². The summed E-state index contributed by atoms with van der Waals surface area (Å²) in [5.74, 6) is 1.24. The maximum atomic E-state index is 12.1. The van der Waals surface area contributed by atoms with Gasteiger partial charge in [-0.05, 0) is 37.6 Å². The van der Waals surface area contributed by atoms with Gasteiger partial charge < -0.3 is 0 Å². The fraction of sp³-hybridized carbons (Fsp3) is 0.294. The van der Waals surface area contributed by atoms with E-state index in [0.29, 0.717) is 28.7 Å². The number of benzene rings is 1. The second kappa shape index (κ2) is 6.14. The first-order valence-corrected chi connectivity index (χ1v) is 10.3. The van der Waals surface area contributed by atoms with Gasteiger partial charge in [0.05, 0.1) is 22.6 Å². The number of nitrogens with zero attached hydrogens (tertiary/aromatic N) is 5. The van der Waals surface area contributed by atoms with Crippen LogP contribution in [0.5, 0.6) is 0 Å². The Balaban J connectivity index is 1.89. The summed E-state index contributed by atoms with van der Waals surface area (Å²) in [5, 5.41) is 5.24. The predicted molar refractivity (Wildman–Crippen MR) is 98.4 cm³/mol. The van der Waals surface area contributed by atoms with Crippen molar-refractivity contribution in [1.82, 2.24) is 24.7 Å². The van der Waals surface area contributed by atoms with E-state index in [1.54, 1.807) is 29.2 Å². The van der Waals surface area contributed by atoms with Crippen LogP contribution in [0.25, 0.3) is 22.8 Å². The third kappa shape index (κ3) is 3.10. The summed E-state index contributed by atoms with van der Waals surface area (Å²) in [5.41, 5.74) is 0.829. The van der Waals surface area contributed by atoms with Crippen molar-refractivity contribution >= 4 is 21.4 Å². The molecule has 1 atom stereocenters. The first-order chi connectivity index (χ1) is 12.4. The van der Waals surface area contributed by atoms with Gasteiger partial charge >= 0.3 is 0 Å². The molecule has 0 bridgehead atoms. The molecule has 0 spiro atoms. The smallest absolute Gasteiger partial charge is 0.184 e. The zero-order chi connectivity index (χ0) is 18.4. The Morgan fingerprint density at radius 2 is 1.81 bits per heavy atom. The van der Waals surface area contributed by atoms with E-state index in [9.17, 15) is 8.42 Å². The van der Waals surface area contributed by atoms with E-state index in [-0.39, 0.29) is 11.5 Å². The first kappa shape index (κ1) is 17.1. The van der Waals surface area contributed by atoms with Gasteiger partial charge in [-0.3, -0.25) is 0 Å². The van der Waals surface area contributed by atoms with Crippen molar-refractivity contribution in [2.75, 3.05) is 11.5 Å². The van der Waals surface area contributed by atoms with E-state index in [1.807, 2.05) is 19.1 Å². The molecule has 1 fully saturated rings. The minimum atomic E-state index is -3.10. The third-order valence-electron chi connectivity index (χ3n) is 4.52. The Morgan fingerprint density at radius 1 is 1.12 bits per heavy atom. The van der Waals surface area contributed by atoms with Crippen molar-refractivity contribution in [2.45, 2.75) is 18.9 Å². The highest BCUT2D eigenvalue weighted by molar-refractivity contribution is 7.91. The molecule has 0 radical (unpaired) electrons. The molecule has 0 N–H and O–H groups in total. The normalized spacial score (nSPS) is 21.8. The fourth-order valence-electron chi connectivity index (χ4n) is 3.17. The van der Waals surface area contributed by atoms with Gasteiger partial charge in [0.1, 0.15) is 6.33 Å². The van der Waals surface area contributed by atoms with Crippen molar-refractivity contribution in [3.63, 3.8) is 0 Å². The second-order valence-corrected chi connectivity index (χ2v) is 9.26. The van der Waals surface area contributed by atoms with Crippen LogP contribution in [-0.2, 0) is 15.4 Å². The molecule has 3 heterocycles. The molecule has 4 rings (SSSR count). The van der Waals surface area contributed by atoms with E-state index in [1.165, 1.54) is 6.33 Å². The number of aromatic nitrogens is 5.